The molecular weight excluding hydrogens is 356 g/mol. The minimum atomic E-state index is -1.32. The third-order valence-corrected chi connectivity index (χ3v) is 9.84. The molecule has 0 aromatic rings. The maximum atomic E-state index is 12.0. The molecule has 7 fully saturated rings. The van der Waals surface area contributed by atoms with Crippen molar-refractivity contribution in [2.45, 2.75) is 89.7 Å². The molecule has 3 aliphatic heterocycles. The number of ether oxygens (including phenoxy) is 3. The Labute approximate surface area is 167 Å². The van der Waals surface area contributed by atoms with Gasteiger partial charge in [0.2, 0.25) is 0 Å². The zero-order valence-electron chi connectivity index (χ0n) is 17.5. The third-order valence-electron chi connectivity index (χ3n) is 9.84. The molecule has 4 bridgehead atoms. The second kappa shape index (κ2) is 4.88. The molecule has 3 heterocycles. The summed E-state index contributed by atoms with van der Waals surface area (Å²) in [5.41, 5.74) is -0.0155. The first-order chi connectivity index (χ1) is 13.0. The van der Waals surface area contributed by atoms with E-state index in [0.29, 0.717) is 13.0 Å². The van der Waals surface area contributed by atoms with Gasteiger partial charge < -0.3 is 24.4 Å². The van der Waals surface area contributed by atoms with Gasteiger partial charge >= 0.3 is 0 Å². The van der Waals surface area contributed by atoms with E-state index in [0.717, 1.165) is 31.3 Å². The fourth-order valence-electron chi connectivity index (χ4n) is 8.91. The van der Waals surface area contributed by atoms with Crippen LogP contribution >= 0.6 is 0 Å². The molecule has 5 heteroatoms. The summed E-state index contributed by atoms with van der Waals surface area (Å²) < 4.78 is 19.6. The van der Waals surface area contributed by atoms with Crippen LogP contribution in [-0.2, 0) is 14.2 Å². The fourth-order valence-corrected chi connectivity index (χ4v) is 8.91. The van der Waals surface area contributed by atoms with Gasteiger partial charge in [-0.05, 0) is 62.4 Å². The molecule has 0 aromatic carbocycles. The Morgan fingerprint density at radius 3 is 2.61 bits per heavy atom. The Hall–Kier alpha value is -0.460. The molecule has 0 aromatic heterocycles. The number of aliphatic hydroxyl groups excluding tert-OH is 1. The van der Waals surface area contributed by atoms with E-state index in [1.54, 1.807) is 0 Å². The molecule has 7 rings (SSSR count). The van der Waals surface area contributed by atoms with Crippen molar-refractivity contribution in [2.75, 3.05) is 6.61 Å². The normalized spacial score (nSPS) is 60.3. The van der Waals surface area contributed by atoms with Crippen molar-refractivity contribution >= 4 is 0 Å². The van der Waals surface area contributed by atoms with Gasteiger partial charge in [0.05, 0.1) is 30.3 Å². The molecule has 4 saturated carbocycles. The van der Waals surface area contributed by atoms with Crippen LogP contribution in [0.5, 0.6) is 0 Å². The van der Waals surface area contributed by atoms with Gasteiger partial charge in [0.1, 0.15) is 0 Å². The van der Waals surface area contributed by atoms with Crippen molar-refractivity contribution in [3.05, 3.63) is 12.2 Å². The molecule has 0 amide bonds. The number of rotatable bonds is 0. The number of hydrogen-bond acceptors (Lipinski definition) is 5. The molecule has 4 aliphatic carbocycles. The van der Waals surface area contributed by atoms with Crippen molar-refractivity contribution in [1.29, 1.82) is 0 Å². The summed E-state index contributed by atoms with van der Waals surface area (Å²) in [4.78, 5) is 0. The fraction of sp³-hybridized carbons (Fsp3) is 0.913. The average molecular weight is 391 g/mol. The summed E-state index contributed by atoms with van der Waals surface area (Å²) in [5.74, 6) is -1.53. The topological polar surface area (TPSA) is 68.2 Å². The summed E-state index contributed by atoms with van der Waals surface area (Å²) in [6.45, 7) is 13.5. The summed E-state index contributed by atoms with van der Waals surface area (Å²) in [6, 6.07) is 0. The lowest BCUT2D eigenvalue weighted by atomic mass is 9.36. The summed E-state index contributed by atoms with van der Waals surface area (Å²) in [6.07, 6.45) is 3.43. The predicted octanol–water partition coefficient (Wildman–Crippen LogP) is 2.99. The zero-order chi connectivity index (χ0) is 19.9. The predicted molar refractivity (Wildman–Crippen MR) is 102 cm³/mol. The van der Waals surface area contributed by atoms with Crippen LogP contribution in [-0.4, -0.2) is 46.7 Å². The van der Waals surface area contributed by atoms with Gasteiger partial charge in [-0.1, -0.05) is 20.4 Å². The standard InChI is InChI=1S/C23H34O5/c1-12-13-8-14-17-21-11-26-23(25,22(17,9-13)18(12)24)10-15(21)19(2,3)7-6-16(21)28-20(4,5)27-14/h13-18,24-25H,1,6-11H2,2-5H3. The van der Waals surface area contributed by atoms with Gasteiger partial charge in [0, 0.05) is 17.8 Å². The van der Waals surface area contributed by atoms with Crippen LogP contribution in [0.4, 0.5) is 0 Å². The first-order valence-corrected chi connectivity index (χ1v) is 11.1. The largest absolute Gasteiger partial charge is 0.388 e. The summed E-state index contributed by atoms with van der Waals surface area (Å²) in [7, 11) is 0. The van der Waals surface area contributed by atoms with Crippen LogP contribution < -0.4 is 0 Å². The molecule has 28 heavy (non-hydrogen) atoms. The van der Waals surface area contributed by atoms with Crippen molar-refractivity contribution < 1.29 is 24.4 Å². The minimum Gasteiger partial charge on any atom is -0.388 e. The Kier molecular flexibility index (Phi) is 3.20. The molecule has 2 spiro atoms. The SMILES string of the molecule is C=C1C2CC3OC(C)(C)OC4CCC(C)(C)C5CC6(O)OCC45C3C6(C2)C1O. The first kappa shape index (κ1) is 18.3. The Balaban J connectivity index is 1.64. The van der Waals surface area contributed by atoms with Gasteiger partial charge in [-0.2, -0.15) is 0 Å². The minimum absolute atomic E-state index is 0.0225. The third kappa shape index (κ3) is 1.76. The van der Waals surface area contributed by atoms with E-state index in [-0.39, 0.29) is 40.8 Å². The monoisotopic (exact) mass is 390 g/mol. The highest BCUT2D eigenvalue weighted by Crippen LogP contribution is 2.78. The molecule has 9 atom stereocenters. The lowest BCUT2D eigenvalue weighted by molar-refractivity contribution is -0.437. The van der Waals surface area contributed by atoms with E-state index in [1.807, 2.05) is 13.8 Å². The van der Waals surface area contributed by atoms with E-state index < -0.39 is 23.1 Å². The smallest absolute Gasteiger partial charge is 0.174 e. The Morgan fingerprint density at radius 2 is 1.86 bits per heavy atom. The van der Waals surface area contributed by atoms with Gasteiger partial charge in [-0.25, -0.2) is 0 Å². The second-order valence-electron chi connectivity index (χ2n) is 11.8. The molecule has 7 aliphatic rings. The van der Waals surface area contributed by atoms with Crippen molar-refractivity contribution in [3.8, 4) is 0 Å². The molecule has 2 N–H and O–H groups in total. The van der Waals surface area contributed by atoms with Crippen molar-refractivity contribution in [3.63, 3.8) is 0 Å². The maximum Gasteiger partial charge on any atom is 0.174 e. The Bertz CT molecular complexity index is 760. The van der Waals surface area contributed by atoms with Crippen LogP contribution in [0.15, 0.2) is 12.2 Å². The van der Waals surface area contributed by atoms with Crippen LogP contribution in [0, 0.1) is 34.0 Å². The Morgan fingerprint density at radius 1 is 1.11 bits per heavy atom. The molecule has 3 saturated heterocycles. The van der Waals surface area contributed by atoms with Crippen LogP contribution in [0.25, 0.3) is 0 Å². The van der Waals surface area contributed by atoms with Gasteiger partial charge in [0.25, 0.3) is 0 Å². The number of aliphatic hydroxyl groups is 2. The molecule has 0 radical (unpaired) electrons. The van der Waals surface area contributed by atoms with E-state index in [9.17, 15) is 10.2 Å². The van der Waals surface area contributed by atoms with Gasteiger partial charge in [-0.15, -0.1) is 0 Å². The van der Waals surface area contributed by atoms with E-state index in [2.05, 4.69) is 20.4 Å². The quantitative estimate of drug-likeness (QED) is 0.623. The van der Waals surface area contributed by atoms with Gasteiger partial charge in [-0.3, -0.25) is 0 Å². The molecule has 156 valence electrons. The summed E-state index contributed by atoms with van der Waals surface area (Å²) >= 11 is 0. The van der Waals surface area contributed by atoms with Crippen LogP contribution in [0.3, 0.4) is 0 Å². The molecular formula is C23H34O5. The number of hydrogen-bond donors (Lipinski definition) is 2. The van der Waals surface area contributed by atoms with Crippen molar-refractivity contribution in [2.24, 2.45) is 34.0 Å². The second-order valence-corrected chi connectivity index (χ2v) is 11.8. The van der Waals surface area contributed by atoms with E-state index in [4.69, 9.17) is 14.2 Å². The van der Waals surface area contributed by atoms with Crippen molar-refractivity contribution in [1.82, 2.24) is 0 Å². The summed E-state index contributed by atoms with van der Waals surface area (Å²) in [5, 5.41) is 23.4. The van der Waals surface area contributed by atoms with E-state index >= 15 is 0 Å². The maximum absolute atomic E-state index is 12.0. The lowest BCUT2D eigenvalue weighted by Crippen LogP contribution is -2.80. The van der Waals surface area contributed by atoms with Crippen LogP contribution in [0.1, 0.15) is 59.8 Å². The lowest BCUT2D eigenvalue weighted by Gasteiger charge is -2.74. The zero-order valence-corrected chi connectivity index (χ0v) is 17.5. The average Bonchev–Trinajstić information content (AvgIpc) is 2.73. The van der Waals surface area contributed by atoms with E-state index in [1.165, 1.54) is 0 Å². The van der Waals surface area contributed by atoms with Gasteiger partial charge in [0.15, 0.2) is 11.6 Å². The highest BCUT2D eigenvalue weighted by Gasteiger charge is 2.83. The highest BCUT2D eigenvalue weighted by atomic mass is 16.7. The molecule has 5 nitrogen and oxygen atoms in total. The first-order valence-electron chi connectivity index (χ1n) is 11.1. The highest BCUT2D eigenvalue weighted by molar-refractivity contribution is 5.35. The number of fused-ring (bicyclic) bond motifs is 2. The molecule has 9 unspecified atom stereocenters. The van der Waals surface area contributed by atoms with Crippen LogP contribution in [0.2, 0.25) is 0 Å².